The van der Waals surface area contributed by atoms with Gasteiger partial charge in [0.25, 0.3) is 0 Å². The Morgan fingerprint density at radius 3 is 2.60 bits per heavy atom. The van der Waals surface area contributed by atoms with Crippen LogP contribution in [0.25, 0.3) is 0 Å². The highest BCUT2D eigenvalue weighted by Crippen LogP contribution is 2.29. The summed E-state index contributed by atoms with van der Waals surface area (Å²) in [6, 6.07) is 13.5. The summed E-state index contributed by atoms with van der Waals surface area (Å²) in [5.74, 6) is -0.934. The highest BCUT2D eigenvalue weighted by molar-refractivity contribution is 6.02. The standard InChI is InChI=1S/C24H29N3O3/c1-5-18-10-6-7-12-21(18)27-14-19(13-23(27)29)24(30)26(4)15-22(28)25-20-11-8-9-16(2)17(20)3/h6-12,19H,5,13-15H2,1-4H3,(H,25,28). The largest absolute Gasteiger partial charge is 0.336 e. The Balaban J connectivity index is 1.63. The number of carbonyl (C=O) groups excluding carboxylic acids is 3. The molecule has 2 aromatic carbocycles. The second kappa shape index (κ2) is 9.11. The fourth-order valence-electron chi connectivity index (χ4n) is 3.86. The molecular formula is C24H29N3O3. The first-order chi connectivity index (χ1) is 14.3. The molecule has 158 valence electrons. The third kappa shape index (κ3) is 4.53. The van der Waals surface area contributed by atoms with Crippen molar-refractivity contribution in [2.45, 2.75) is 33.6 Å². The normalized spacial score (nSPS) is 15.9. The quantitative estimate of drug-likeness (QED) is 0.799. The summed E-state index contributed by atoms with van der Waals surface area (Å²) in [4.78, 5) is 41.1. The highest BCUT2D eigenvalue weighted by atomic mass is 16.2. The molecule has 1 N–H and O–H groups in total. The molecule has 1 heterocycles. The van der Waals surface area contributed by atoms with Gasteiger partial charge in [-0.15, -0.1) is 0 Å². The van der Waals surface area contributed by atoms with E-state index >= 15 is 0 Å². The van der Waals surface area contributed by atoms with Crippen LogP contribution in [0.4, 0.5) is 11.4 Å². The third-order valence-corrected chi connectivity index (χ3v) is 5.77. The van der Waals surface area contributed by atoms with E-state index in [1.54, 1.807) is 11.9 Å². The molecule has 1 fully saturated rings. The molecule has 1 unspecified atom stereocenters. The molecule has 1 aliphatic heterocycles. The molecule has 3 amide bonds. The van der Waals surface area contributed by atoms with Crippen LogP contribution in [-0.2, 0) is 20.8 Å². The van der Waals surface area contributed by atoms with Crippen molar-refractivity contribution in [3.05, 3.63) is 59.2 Å². The molecule has 6 heteroatoms. The van der Waals surface area contributed by atoms with Crippen molar-refractivity contribution in [3.8, 4) is 0 Å². The van der Waals surface area contributed by atoms with E-state index in [4.69, 9.17) is 0 Å². The number of nitrogens with zero attached hydrogens (tertiary/aromatic N) is 2. The summed E-state index contributed by atoms with van der Waals surface area (Å²) >= 11 is 0. The van der Waals surface area contributed by atoms with Crippen LogP contribution in [0.1, 0.15) is 30.0 Å². The lowest BCUT2D eigenvalue weighted by Crippen LogP contribution is -2.39. The number of benzene rings is 2. The molecule has 1 atom stereocenters. The second-order valence-corrected chi connectivity index (χ2v) is 7.88. The molecule has 6 nitrogen and oxygen atoms in total. The fraction of sp³-hybridized carbons (Fsp3) is 0.375. The van der Waals surface area contributed by atoms with Gasteiger partial charge in [0.1, 0.15) is 0 Å². The molecule has 0 saturated carbocycles. The Kier molecular flexibility index (Phi) is 6.55. The molecule has 0 aromatic heterocycles. The molecule has 0 aliphatic carbocycles. The molecule has 1 saturated heterocycles. The fourth-order valence-corrected chi connectivity index (χ4v) is 3.86. The smallest absolute Gasteiger partial charge is 0.243 e. The number of hydrogen-bond acceptors (Lipinski definition) is 3. The van der Waals surface area contributed by atoms with Gasteiger partial charge in [0, 0.05) is 31.4 Å². The van der Waals surface area contributed by atoms with Gasteiger partial charge in [-0.25, -0.2) is 0 Å². The highest BCUT2D eigenvalue weighted by Gasteiger charge is 2.37. The number of anilines is 2. The maximum absolute atomic E-state index is 12.9. The number of hydrogen-bond donors (Lipinski definition) is 1. The number of aryl methyl sites for hydroxylation is 2. The lowest BCUT2D eigenvalue weighted by atomic mass is 10.1. The second-order valence-electron chi connectivity index (χ2n) is 7.88. The van der Waals surface area contributed by atoms with Gasteiger partial charge >= 0.3 is 0 Å². The summed E-state index contributed by atoms with van der Waals surface area (Å²) in [5, 5.41) is 2.88. The molecule has 3 rings (SSSR count). The van der Waals surface area contributed by atoms with E-state index in [0.29, 0.717) is 6.54 Å². The summed E-state index contributed by atoms with van der Waals surface area (Å²) in [6.45, 7) is 6.28. The van der Waals surface area contributed by atoms with Crippen LogP contribution in [0, 0.1) is 19.8 Å². The lowest BCUT2D eigenvalue weighted by Gasteiger charge is -2.22. The molecular weight excluding hydrogens is 378 g/mol. The van der Waals surface area contributed by atoms with E-state index < -0.39 is 5.92 Å². The molecule has 1 aliphatic rings. The average molecular weight is 408 g/mol. The van der Waals surface area contributed by atoms with Gasteiger partial charge in [-0.1, -0.05) is 37.3 Å². The van der Waals surface area contributed by atoms with Gasteiger partial charge in [-0.05, 0) is 49.1 Å². The molecule has 2 aromatic rings. The lowest BCUT2D eigenvalue weighted by molar-refractivity contribution is -0.137. The maximum Gasteiger partial charge on any atom is 0.243 e. The first-order valence-electron chi connectivity index (χ1n) is 10.3. The molecule has 0 bridgehead atoms. The predicted octanol–water partition coefficient (Wildman–Crippen LogP) is 3.32. The number of para-hydroxylation sites is 1. The Morgan fingerprint density at radius 1 is 1.13 bits per heavy atom. The van der Waals surface area contributed by atoms with Crippen LogP contribution < -0.4 is 10.2 Å². The van der Waals surface area contributed by atoms with Crippen molar-refractivity contribution in [1.82, 2.24) is 4.90 Å². The Labute approximate surface area is 177 Å². The zero-order chi connectivity index (χ0) is 21.8. The van der Waals surface area contributed by atoms with Gasteiger partial charge in [0.05, 0.1) is 12.5 Å². The monoisotopic (exact) mass is 407 g/mol. The number of carbonyl (C=O) groups is 3. The first-order valence-corrected chi connectivity index (χ1v) is 10.3. The number of likely N-dealkylation sites (N-methyl/N-ethyl adjacent to an activating group) is 1. The number of amides is 3. The van der Waals surface area contributed by atoms with Crippen molar-refractivity contribution in [3.63, 3.8) is 0 Å². The number of nitrogens with one attached hydrogen (secondary N) is 1. The number of rotatable bonds is 6. The van der Waals surface area contributed by atoms with E-state index in [9.17, 15) is 14.4 Å². The molecule has 30 heavy (non-hydrogen) atoms. The van der Waals surface area contributed by atoms with Crippen molar-refractivity contribution >= 4 is 29.1 Å². The van der Waals surface area contributed by atoms with Crippen LogP contribution in [0.15, 0.2) is 42.5 Å². The summed E-state index contributed by atoms with van der Waals surface area (Å²) in [7, 11) is 1.61. The van der Waals surface area contributed by atoms with Crippen LogP contribution in [0.2, 0.25) is 0 Å². The Hall–Kier alpha value is -3.15. The molecule has 0 spiro atoms. The van der Waals surface area contributed by atoms with Crippen LogP contribution in [0.5, 0.6) is 0 Å². The van der Waals surface area contributed by atoms with Gasteiger partial charge in [0.2, 0.25) is 17.7 Å². The van der Waals surface area contributed by atoms with Crippen molar-refractivity contribution < 1.29 is 14.4 Å². The zero-order valence-electron chi connectivity index (χ0n) is 18.1. The van der Waals surface area contributed by atoms with E-state index in [1.165, 1.54) is 4.90 Å². The van der Waals surface area contributed by atoms with Gasteiger partial charge < -0.3 is 15.1 Å². The molecule has 0 radical (unpaired) electrons. The van der Waals surface area contributed by atoms with E-state index in [0.717, 1.165) is 34.5 Å². The van der Waals surface area contributed by atoms with Crippen LogP contribution in [0.3, 0.4) is 0 Å². The minimum atomic E-state index is -0.444. The zero-order valence-corrected chi connectivity index (χ0v) is 18.1. The van der Waals surface area contributed by atoms with Crippen LogP contribution >= 0.6 is 0 Å². The van der Waals surface area contributed by atoms with Crippen molar-refractivity contribution in [1.29, 1.82) is 0 Å². The van der Waals surface area contributed by atoms with Crippen LogP contribution in [-0.4, -0.2) is 42.8 Å². The topological polar surface area (TPSA) is 69.7 Å². The average Bonchev–Trinajstić information content (AvgIpc) is 3.12. The third-order valence-electron chi connectivity index (χ3n) is 5.77. The van der Waals surface area contributed by atoms with Gasteiger partial charge in [0.15, 0.2) is 0 Å². The summed E-state index contributed by atoms with van der Waals surface area (Å²) in [6.07, 6.45) is 0.983. The minimum Gasteiger partial charge on any atom is -0.336 e. The first kappa shape index (κ1) is 21.6. The summed E-state index contributed by atoms with van der Waals surface area (Å²) in [5.41, 5.74) is 4.80. The van der Waals surface area contributed by atoms with Gasteiger partial charge in [-0.3, -0.25) is 14.4 Å². The van der Waals surface area contributed by atoms with E-state index in [2.05, 4.69) is 5.32 Å². The van der Waals surface area contributed by atoms with Crippen molar-refractivity contribution in [2.24, 2.45) is 5.92 Å². The SMILES string of the molecule is CCc1ccccc1N1CC(C(=O)N(C)CC(=O)Nc2cccc(C)c2C)CC1=O. The van der Waals surface area contributed by atoms with E-state index in [1.807, 2.05) is 63.2 Å². The minimum absolute atomic E-state index is 0.0531. The Morgan fingerprint density at radius 2 is 1.87 bits per heavy atom. The maximum atomic E-state index is 12.9. The van der Waals surface area contributed by atoms with Crippen molar-refractivity contribution in [2.75, 3.05) is 30.4 Å². The predicted molar refractivity (Wildman–Crippen MR) is 118 cm³/mol. The van der Waals surface area contributed by atoms with Gasteiger partial charge in [-0.2, -0.15) is 0 Å². The van der Waals surface area contributed by atoms with E-state index in [-0.39, 0.29) is 30.7 Å². The Bertz CT molecular complexity index is 970. The summed E-state index contributed by atoms with van der Waals surface area (Å²) < 4.78 is 0.